The van der Waals surface area contributed by atoms with Crippen LogP contribution in [-0.4, -0.2) is 56.5 Å². The van der Waals surface area contributed by atoms with Crippen molar-refractivity contribution in [2.45, 2.75) is 30.3 Å². The molecule has 2 heterocycles. The monoisotopic (exact) mass is 548 g/mol. The minimum Gasteiger partial charge on any atom is -0.481 e. The number of fused-ring (bicyclic) bond motifs is 1. The summed E-state index contributed by atoms with van der Waals surface area (Å²) in [7, 11) is -4.31. The smallest absolute Gasteiger partial charge is 0.305 e. The topological polar surface area (TPSA) is 157 Å². The molecule has 36 heavy (non-hydrogen) atoms. The first-order valence-electron chi connectivity index (χ1n) is 10.4. The molecule has 0 amide bonds. The number of carbonyl (C=O) groups excluding carboxylic acids is 1. The lowest BCUT2D eigenvalue weighted by molar-refractivity contribution is -0.139. The van der Waals surface area contributed by atoms with Gasteiger partial charge in [0.2, 0.25) is 10.0 Å². The molecule has 11 nitrogen and oxygen atoms in total. The Morgan fingerprint density at radius 3 is 2.47 bits per heavy atom. The summed E-state index contributed by atoms with van der Waals surface area (Å²) in [5.74, 6) is -1.92. The molecule has 0 radical (unpaired) electrons. The van der Waals surface area contributed by atoms with E-state index in [2.05, 4.69) is 25.1 Å². The van der Waals surface area contributed by atoms with Gasteiger partial charge in [0.05, 0.1) is 18.0 Å². The van der Waals surface area contributed by atoms with Crippen molar-refractivity contribution in [1.29, 1.82) is 0 Å². The van der Waals surface area contributed by atoms with E-state index in [-0.39, 0.29) is 22.7 Å². The highest BCUT2D eigenvalue weighted by Gasteiger charge is 2.30. The number of carbonyl (C=O) groups is 2. The summed E-state index contributed by atoms with van der Waals surface area (Å²) in [6.07, 6.45) is 0.796. The van der Waals surface area contributed by atoms with Crippen LogP contribution in [0.2, 0.25) is 10.0 Å². The van der Waals surface area contributed by atoms with Crippen LogP contribution in [0.4, 0.5) is 0 Å². The molecule has 0 bridgehead atoms. The van der Waals surface area contributed by atoms with Crippen LogP contribution in [0.3, 0.4) is 0 Å². The van der Waals surface area contributed by atoms with Gasteiger partial charge in [-0.05, 0) is 35.0 Å². The van der Waals surface area contributed by atoms with E-state index in [1.54, 1.807) is 36.4 Å². The number of Topliss-reactive ketones (excluding diaryl/α,β-unsaturated/α-hetero) is 1. The summed E-state index contributed by atoms with van der Waals surface area (Å²) < 4.78 is 28.4. The zero-order valence-electron chi connectivity index (χ0n) is 18.4. The molecule has 0 spiro atoms. The lowest BCUT2D eigenvalue weighted by Crippen LogP contribution is -2.44. The zero-order valence-corrected chi connectivity index (χ0v) is 20.7. The van der Waals surface area contributed by atoms with Gasteiger partial charge in [-0.2, -0.15) is 9.52 Å². The maximum atomic E-state index is 13.1. The molecule has 0 aliphatic carbocycles. The number of ketones is 1. The van der Waals surface area contributed by atoms with E-state index >= 15 is 0 Å². The number of halogens is 2. The first-order valence-corrected chi connectivity index (χ1v) is 12.7. The minimum absolute atomic E-state index is 0.145. The van der Waals surface area contributed by atoms with E-state index in [1.165, 1.54) is 18.3 Å². The standard InChI is InChI=1S/C22H18Cl2N6O5S/c23-15-6-2-7-16(24)14(15)10-20-26-29-30(27-20)12-18(31)17(11-21(32)33)28-36(34,35)19-8-1-4-13-5-3-9-25-22(13)19/h1-9,17,28H,10-12H2,(H,32,33). The number of benzene rings is 2. The van der Waals surface area contributed by atoms with Crippen molar-refractivity contribution in [3.05, 3.63) is 76.2 Å². The summed E-state index contributed by atoms with van der Waals surface area (Å²) in [4.78, 5) is 29.2. The van der Waals surface area contributed by atoms with Crippen LogP contribution in [0.25, 0.3) is 10.9 Å². The number of nitrogens with one attached hydrogen (secondary N) is 1. The molecule has 2 N–H and O–H groups in total. The third-order valence-corrected chi connectivity index (χ3v) is 7.35. The molecule has 2 aromatic heterocycles. The normalized spacial score (nSPS) is 12.5. The largest absolute Gasteiger partial charge is 0.481 e. The van der Waals surface area contributed by atoms with Gasteiger partial charge in [0.25, 0.3) is 0 Å². The fourth-order valence-electron chi connectivity index (χ4n) is 3.46. The Labute approximate surface area is 215 Å². The number of pyridine rings is 1. The number of carboxylic acid groups (broad SMARTS) is 1. The van der Waals surface area contributed by atoms with Gasteiger partial charge in [-0.15, -0.1) is 10.2 Å². The maximum Gasteiger partial charge on any atom is 0.305 e. The molecule has 14 heteroatoms. The van der Waals surface area contributed by atoms with Crippen LogP contribution in [0, 0.1) is 0 Å². The molecule has 0 fully saturated rings. The van der Waals surface area contributed by atoms with Gasteiger partial charge >= 0.3 is 5.97 Å². The maximum absolute atomic E-state index is 13.1. The third-order valence-electron chi connectivity index (χ3n) is 5.14. The van der Waals surface area contributed by atoms with Crippen molar-refractivity contribution < 1.29 is 23.1 Å². The van der Waals surface area contributed by atoms with E-state index in [0.29, 0.717) is 21.0 Å². The second kappa shape index (κ2) is 10.7. The molecule has 1 unspecified atom stereocenters. The van der Waals surface area contributed by atoms with Crippen LogP contribution >= 0.6 is 23.2 Å². The van der Waals surface area contributed by atoms with Gasteiger partial charge in [-0.1, -0.05) is 47.5 Å². The van der Waals surface area contributed by atoms with Gasteiger partial charge in [0, 0.05) is 28.0 Å². The molecule has 0 aliphatic rings. The summed E-state index contributed by atoms with van der Waals surface area (Å²) in [6.45, 7) is -0.516. The molecule has 4 rings (SSSR count). The van der Waals surface area contributed by atoms with Crippen molar-refractivity contribution >= 4 is 55.9 Å². The van der Waals surface area contributed by atoms with Gasteiger partial charge in [0.1, 0.15) is 11.4 Å². The number of hydrogen-bond acceptors (Lipinski definition) is 8. The average molecular weight is 549 g/mol. The Morgan fingerprint density at radius 1 is 1.06 bits per heavy atom. The van der Waals surface area contributed by atoms with Crippen LogP contribution in [-0.2, 0) is 32.6 Å². The van der Waals surface area contributed by atoms with Crippen molar-refractivity contribution in [3.63, 3.8) is 0 Å². The van der Waals surface area contributed by atoms with Crippen molar-refractivity contribution in [2.75, 3.05) is 0 Å². The third kappa shape index (κ3) is 5.85. The fraction of sp³-hybridized carbons (Fsp3) is 0.182. The summed E-state index contributed by atoms with van der Waals surface area (Å²) in [5, 5.41) is 22.5. The predicted octanol–water partition coefficient (Wildman–Crippen LogP) is 2.51. The Balaban J connectivity index is 1.53. The highest BCUT2D eigenvalue weighted by atomic mass is 35.5. The molecular formula is C22H18Cl2N6O5S. The van der Waals surface area contributed by atoms with E-state index in [9.17, 15) is 23.1 Å². The van der Waals surface area contributed by atoms with Gasteiger partial charge < -0.3 is 5.11 Å². The molecule has 0 aliphatic heterocycles. The molecule has 0 saturated carbocycles. The van der Waals surface area contributed by atoms with Crippen LogP contribution in [0.5, 0.6) is 0 Å². The average Bonchev–Trinajstić information content (AvgIpc) is 3.27. The molecule has 2 aromatic carbocycles. The lowest BCUT2D eigenvalue weighted by Gasteiger charge is -2.16. The number of sulfonamides is 1. The van der Waals surface area contributed by atoms with Crippen LogP contribution in [0.15, 0.2) is 59.6 Å². The predicted molar refractivity (Wildman–Crippen MR) is 130 cm³/mol. The lowest BCUT2D eigenvalue weighted by atomic mass is 10.1. The number of nitrogens with zero attached hydrogens (tertiary/aromatic N) is 5. The van der Waals surface area contributed by atoms with E-state index < -0.39 is 40.8 Å². The zero-order chi connectivity index (χ0) is 25.9. The number of aliphatic carboxylic acids is 1. The quantitative estimate of drug-likeness (QED) is 0.303. The number of carboxylic acids is 1. The molecular weight excluding hydrogens is 531 g/mol. The van der Waals surface area contributed by atoms with Gasteiger partial charge in [-0.25, -0.2) is 8.42 Å². The van der Waals surface area contributed by atoms with Gasteiger partial charge in [-0.3, -0.25) is 14.6 Å². The van der Waals surface area contributed by atoms with Crippen molar-refractivity contribution in [3.8, 4) is 0 Å². The Kier molecular flexibility index (Phi) is 7.59. The highest BCUT2D eigenvalue weighted by Crippen LogP contribution is 2.26. The summed E-state index contributed by atoms with van der Waals surface area (Å²) in [6, 6.07) is 11.3. The van der Waals surface area contributed by atoms with E-state index in [4.69, 9.17) is 23.2 Å². The summed E-state index contributed by atoms with van der Waals surface area (Å²) in [5.41, 5.74) is 0.766. The van der Waals surface area contributed by atoms with E-state index in [1.807, 2.05) is 0 Å². The molecule has 1 atom stereocenters. The van der Waals surface area contributed by atoms with Gasteiger partial charge in [0.15, 0.2) is 11.6 Å². The fourth-order valence-corrected chi connectivity index (χ4v) is 5.39. The van der Waals surface area contributed by atoms with Crippen molar-refractivity contribution in [1.82, 2.24) is 29.9 Å². The summed E-state index contributed by atoms with van der Waals surface area (Å²) >= 11 is 12.3. The number of aromatic nitrogens is 5. The molecule has 4 aromatic rings. The number of tetrazole rings is 1. The minimum atomic E-state index is -4.31. The van der Waals surface area contributed by atoms with E-state index in [0.717, 1.165) is 4.80 Å². The SMILES string of the molecule is O=C(O)CC(NS(=O)(=O)c1cccc2cccnc12)C(=O)Cn1nnc(Cc2c(Cl)cccc2Cl)n1. The first-order chi connectivity index (χ1) is 17.1. The molecule has 186 valence electrons. The second-order valence-electron chi connectivity index (χ2n) is 7.68. The number of hydrogen-bond donors (Lipinski definition) is 2. The molecule has 0 saturated heterocycles. The van der Waals surface area contributed by atoms with Crippen molar-refractivity contribution in [2.24, 2.45) is 0 Å². The van der Waals surface area contributed by atoms with Crippen LogP contribution < -0.4 is 4.72 Å². The highest BCUT2D eigenvalue weighted by molar-refractivity contribution is 7.89. The first kappa shape index (κ1) is 25.6. The van der Waals surface area contributed by atoms with Crippen LogP contribution in [0.1, 0.15) is 17.8 Å². The Morgan fingerprint density at radius 2 is 1.75 bits per heavy atom. The number of para-hydroxylation sites is 1. The second-order valence-corrected chi connectivity index (χ2v) is 10.2. The number of rotatable bonds is 10. The Hall–Kier alpha value is -3.45. The Bertz CT molecular complexity index is 1530.